The standard InChI is InChI=1S/C18H25N5O3/c1-11(2)20-16(25)9-19-17(26)12-4-5-15-14(8-12)21-18(22(15)3)23-7-6-13(24)10-23/h4-5,8,11,13,24H,6-7,9-10H2,1-3H3,(H,19,26)(H,20,25)/t13-/m0/s1. The van der Waals surface area contributed by atoms with Gasteiger partial charge >= 0.3 is 0 Å². The number of anilines is 1. The maximum absolute atomic E-state index is 12.3. The molecule has 0 radical (unpaired) electrons. The summed E-state index contributed by atoms with van der Waals surface area (Å²) in [5, 5.41) is 15.1. The minimum absolute atomic E-state index is 0.0341. The van der Waals surface area contributed by atoms with Crippen LogP contribution in [0.25, 0.3) is 11.0 Å². The molecule has 2 heterocycles. The van der Waals surface area contributed by atoms with E-state index in [9.17, 15) is 14.7 Å². The lowest BCUT2D eigenvalue weighted by Gasteiger charge is -2.16. The number of hydrogen-bond donors (Lipinski definition) is 3. The Morgan fingerprint density at radius 2 is 2.15 bits per heavy atom. The highest BCUT2D eigenvalue weighted by Gasteiger charge is 2.24. The SMILES string of the molecule is CC(C)NC(=O)CNC(=O)c1ccc2c(c1)nc(N1CC[C@H](O)C1)n2C. The first-order valence-electron chi connectivity index (χ1n) is 8.82. The Labute approximate surface area is 152 Å². The van der Waals surface area contributed by atoms with Crippen molar-refractivity contribution >= 4 is 28.8 Å². The normalized spacial score (nSPS) is 17.1. The second-order valence-corrected chi connectivity index (χ2v) is 6.97. The summed E-state index contributed by atoms with van der Waals surface area (Å²) in [5.41, 5.74) is 2.08. The highest BCUT2D eigenvalue weighted by Crippen LogP contribution is 2.25. The van der Waals surface area contributed by atoms with E-state index in [-0.39, 0.29) is 30.5 Å². The van der Waals surface area contributed by atoms with Gasteiger partial charge in [-0.3, -0.25) is 9.59 Å². The summed E-state index contributed by atoms with van der Waals surface area (Å²) in [4.78, 5) is 30.6. The molecule has 3 rings (SSSR count). The van der Waals surface area contributed by atoms with Gasteiger partial charge in [0, 0.05) is 31.7 Å². The molecule has 1 aliphatic heterocycles. The Kier molecular flexibility index (Phi) is 5.13. The average Bonchev–Trinajstić information content (AvgIpc) is 3.15. The molecule has 1 atom stereocenters. The number of rotatable bonds is 5. The molecule has 8 heteroatoms. The monoisotopic (exact) mass is 359 g/mol. The van der Waals surface area contributed by atoms with Gasteiger partial charge in [-0.15, -0.1) is 0 Å². The summed E-state index contributed by atoms with van der Waals surface area (Å²) in [6.45, 7) is 5.00. The summed E-state index contributed by atoms with van der Waals surface area (Å²) < 4.78 is 1.96. The van der Waals surface area contributed by atoms with E-state index in [1.165, 1.54) is 0 Å². The van der Waals surface area contributed by atoms with Crippen molar-refractivity contribution in [2.45, 2.75) is 32.4 Å². The van der Waals surface area contributed by atoms with Crippen LogP contribution in [0.3, 0.4) is 0 Å². The Balaban J connectivity index is 1.74. The molecule has 2 amide bonds. The summed E-state index contributed by atoms with van der Waals surface area (Å²) in [7, 11) is 1.92. The summed E-state index contributed by atoms with van der Waals surface area (Å²) in [6.07, 6.45) is 0.406. The van der Waals surface area contributed by atoms with Gasteiger partial charge in [0.05, 0.1) is 23.7 Å². The number of aliphatic hydroxyl groups is 1. The third-order valence-corrected chi connectivity index (χ3v) is 4.42. The maximum atomic E-state index is 12.3. The molecule has 3 N–H and O–H groups in total. The van der Waals surface area contributed by atoms with E-state index in [1.807, 2.05) is 36.4 Å². The third-order valence-electron chi connectivity index (χ3n) is 4.42. The van der Waals surface area contributed by atoms with Crippen LogP contribution in [-0.2, 0) is 11.8 Å². The zero-order chi connectivity index (χ0) is 18.8. The number of aliphatic hydroxyl groups excluding tert-OH is 1. The van der Waals surface area contributed by atoms with Gasteiger partial charge in [-0.1, -0.05) is 0 Å². The van der Waals surface area contributed by atoms with Gasteiger partial charge in [0.2, 0.25) is 11.9 Å². The zero-order valence-electron chi connectivity index (χ0n) is 15.3. The summed E-state index contributed by atoms with van der Waals surface area (Å²) in [6, 6.07) is 5.33. The van der Waals surface area contributed by atoms with E-state index in [0.717, 1.165) is 24.4 Å². The van der Waals surface area contributed by atoms with Gasteiger partial charge in [0.15, 0.2) is 0 Å². The van der Waals surface area contributed by atoms with E-state index >= 15 is 0 Å². The second-order valence-electron chi connectivity index (χ2n) is 6.97. The van der Waals surface area contributed by atoms with Gasteiger partial charge in [-0.25, -0.2) is 4.98 Å². The van der Waals surface area contributed by atoms with Crippen LogP contribution >= 0.6 is 0 Å². The summed E-state index contributed by atoms with van der Waals surface area (Å²) in [5.74, 6) is 0.252. The van der Waals surface area contributed by atoms with E-state index in [0.29, 0.717) is 17.6 Å². The maximum Gasteiger partial charge on any atom is 0.251 e. The second kappa shape index (κ2) is 7.33. The van der Waals surface area contributed by atoms with E-state index in [1.54, 1.807) is 12.1 Å². The first kappa shape index (κ1) is 18.2. The van der Waals surface area contributed by atoms with Crippen LogP contribution in [0.4, 0.5) is 5.95 Å². The molecule has 2 aromatic rings. The van der Waals surface area contributed by atoms with Crippen molar-refractivity contribution in [2.75, 3.05) is 24.5 Å². The minimum Gasteiger partial charge on any atom is -0.391 e. The molecule has 8 nitrogen and oxygen atoms in total. The lowest BCUT2D eigenvalue weighted by Crippen LogP contribution is -2.39. The smallest absolute Gasteiger partial charge is 0.251 e. The van der Waals surface area contributed by atoms with Crippen molar-refractivity contribution in [1.29, 1.82) is 0 Å². The molecule has 0 saturated carbocycles. The molecule has 1 fully saturated rings. The quantitative estimate of drug-likeness (QED) is 0.718. The van der Waals surface area contributed by atoms with Crippen LogP contribution in [-0.4, -0.2) is 58.3 Å². The number of hydrogen-bond acceptors (Lipinski definition) is 5. The third kappa shape index (κ3) is 3.80. The Morgan fingerprint density at radius 1 is 1.38 bits per heavy atom. The molecule has 26 heavy (non-hydrogen) atoms. The predicted octanol–water partition coefficient (Wildman–Crippen LogP) is 0.399. The molecule has 1 saturated heterocycles. The number of carbonyl (C=O) groups is 2. The number of benzene rings is 1. The molecule has 0 unspecified atom stereocenters. The molecule has 1 aliphatic rings. The number of nitrogens with one attached hydrogen (secondary N) is 2. The first-order chi connectivity index (χ1) is 12.3. The van der Waals surface area contributed by atoms with Gasteiger partial charge in [-0.05, 0) is 38.5 Å². The number of aryl methyl sites for hydroxylation is 1. The number of aromatic nitrogens is 2. The van der Waals surface area contributed by atoms with Gasteiger partial charge < -0.3 is 25.2 Å². The number of β-amino-alcohol motifs (C(OH)–C–C–N with tert-alkyl or cyclic N) is 1. The van der Waals surface area contributed by atoms with Crippen molar-refractivity contribution in [3.63, 3.8) is 0 Å². The highest BCUT2D eigenvalue weighted by molar-refractivity contribution is 5.99. The van der Waals surface area contributed by atoms with Crippen LogP contribution in [0.1, 0.15) is 30.6 Å². The molecular formula is C18H25N5O3. The fraction of sp³-hybridized carbons (Fsp3) is 0.500. The highest BCUT2D eigenvalue weighted by atomic mass is 16.3. The fourth-order valence-corrected chi connectivity index (χ4v) is 3.17. The van der Waals surface area contributed by atoms with Crippen LogP contribution < -0.4 is 15.5 Å². The molecule has 1 aromatic heterocycles. The van der Waals surface area contributed by atoms with Gasteiger partial charge in [0.1, 0.15) is 0 Å². The first-order valence-corrected chi connectivity index (χ1v) is 8.82. The number of nitrogens with zero attached hydrogens (tertiary/aromatic N) is 3. The molecule has 0 spiro atoms. The fourth-order valence-electron chi connectivity index (χ4n) is 3.17. The predicted molar refractivity (Wildman–Crippen MR) is 99.2 cm³/mol. The molecule has 140 valence electrons. The van der Waals surface area contributed by atoms with Crippen molar-refractivity contribution in [3.8, 4) is 0 Å². The number of amides is 2. The number of carbonyl (C=O) groups excluding carboxylic acids is 2. The molecular weight excluding hydrogens is 334 g/mol. The van der Waals surface area contributed by atoms with Crippen molar-refractivity contribution in [3.05, 3.63) is 23.8 Å². The minimum atomic E-state index is -0.326. The van der Waals surface area contributed by atoms with Crippen molar-refractivity contribution < 1.29 is 14.7 Å². The molecule has 1 aromatic carbocycles. The van der Waals surface area contributed by atoms with Crippen LogP contribution in [0.5, 0.6) is 0 Å². The summed E-state index contributed by atoms with van der Waals surface area (Å²) >= 11 is 0. The van der Waals surface area contributed by atoms with E-state index < -0.39 is 0 Å². The van der Waals surface area contributed by atoms with Crippen LogP contribution in [0.2, 0.25) is 0 Å². The van der Waals surface area contributed by atoms with Crippen LogP contribution in [0, 0.1) is 0 Å². The van der Waals surface area contributed by atoms with Gasteiger partial charge in [-0.2, -0.15) is 0 Å². The zero-order valence-corrected chi connectivity index (χ0v) is 15.3. The topological polar surface area (TPSA) is 99.5 Å². The molecule has 0 aliphatic carbocycles. The number of imidazole rings is 1. The van der Waals surface area contributed by atoms with Gasteiger partial charge in [0.25, 0.3) is 5.91 Å². The van der Waals surface area contributed by atoms with Crippen molar-refractivity contribution in [2.24, 2.45) is 7.05 Å². The van der Waals surface area contributed by atoms with Crippen LogP contribution in [0.15, 0.2) is 18.2 Å². The van der Waals surface area contributed by atoms with E-state index in [2.05, 4.69) is 15.6 Å². The van der Waals surface area contributed by atoms with Crippen molar-refractivity contribution in [1.82, 2.24) is 20.2 Å². The lowest BCUT2D eigenvalue weighted by atomic mass is 10.2. The average molecular weight is 359 g/mol. The Bertz CT molecular complexity index is 830. The molecule has 0 bridgehead atoms. The van der Waals surface area contributed by atoms with E-state index in [4.69, 9.17) is 0 Å². The number of fused-ring (bicyclic) bond motifs is 1. The lowest BCUT2D eigenvalue weighted by molar-refractivity contribution is -0.120. The largest absolute Gasteiger partial charge is 0.391 e. The Morgan fingerprint density at radius 3 is 2.81 bits per heavy atom. The Hall–Kier alpha value is -2.61.